The molecule has 1 unspecified atom stereocenters. The maximum atomic E-state index is 5.55. The normalized spacial score (nSPS) is 20.9. The number of para-hydroxylation sites is 2. The van der Waals surface area contributed by atoms with Gasteiger partial charge in [-0.3, -0.25) is 4.99 Å². The molecule has 6 nitrogen and oxygen atoms in total. The van der Waals surface area contributed by atoms with Crippen LogP contribution in [0.15, 0.2) is 29.3 Å². The van der Waals surface area contributed by atoms with Crippen molar-refractivity contribution in [3.05, 3.63) is 24.3 Å². The van der Waals surface area contributed by atoms with E-state index in [4.69, 9.17) is 14.5 Å². The van der Waals surface area contributed by atoms with Crippen LogP contribution in [-0.2, 0) is 4.74 Å². The summed E-state index contributed by atoms with van der Waals surface area (Å²) < 4.78 is 11.1. The Morgan fingerprint density at radius 3 is 2.82 bits per heavy atom. The third-order valence-electron chi connectivity index (χ3n) is 5.81. The fourth-order valence-electron chi connectivity index (χ4n) is 3.85. The highest BCUT2D eigenvalue weighted by Crippen LogP contribution is 2.49. The second kappa shape index (κ2) is 10.0. The van der Waals surface area contributed by atoms with Crippen molar-refractivity contribution in [2.75, 3.05) is 51.4 Å². The van der Waals surface area contributed by atoms with E-state index in [1.807, 2.05) is 12.1 Å². The molecule has 156 valence electrons. The van der Waals surface area contributed by atoms with Gasteiger partial charge in [-0.15, -0.1) is 0 Å². The summed E-state index contributed by atoms with van der Waals surface area (Å²) in [6.45, 7) is 9.57. The number of hydrogen-bond donors (Lipinski definition) is 2. The molecule has 1 aromatic carbocycles. The predicted molar refractivity (Wildman–Crippen MR) is 116 cm³/mol. The Morgan fingerprint density at radius 2 is 2.11 bits per heavy atom. The van der Waals surface area contributed by atoms with Crippen molar-refractivity contribution in [2.24, 2.45) is 10.4 Å². The summed E-state index contributed by atoms with van der Waals surface area (Å²) in [5.74, 6) is 1.88. The molecule has 1 heterocycles. The van der Waals surface area contributed by atoms with Gasteiger partial charge < -0.3 is 25.0 Å². The number of aliphatic imine (C=N–C) groups is 1. The average molecular weight is 389 g/mol. The first kappa shape index (κ1) is 20.8. The molecule has 0 spiro atoms. The number of hydrogen-bond acceptors (Lipinski definition) is 4. The fraction of sp³-hybridized carbons (Fsp3) is 0.682. The van der Waals surface area contributed by atoms with E-state index in [0.29, 0.717) is 11.5 Å². The predicted octanol–water partition coefficient (Wildman–Crippen LogP) is 3.04. The van der Waals surface area contributed by atoms with E-state index >= 15 is 0 Å². The molecule has 1 saturated carbocycles. The molecule has 1 aliphatic heterocycles. The van der Waals surface area contributed by atoms with Crippen LogP contribution in [0.25, 0.3) is 0 Å². The Balaban J connectivity index is 1.54. The van der Waals surface area contributed by atoms with Crippen molar-refractivity contribution in [3.63, 3.8) is 0 Å². The minimum atomic E-state index is 0.372. The highest BCUT2D eigenvalue weighted by molar-refractivity contribution is 5.80. The number of rotatable bonds is 10. The van der Waals surface area contributed by atoms with Crippen molar-refractivity contribution in [3.8, 4) is 5.75 Å². The summed E-state index contributed by atoms with van der Waals surface area (Å²) in [5.41, 5.74) is 1.54. The molecule has 0 aromatic heterocycles. The number of nitrogens with zero attached hydrogens (tertiary/aromatic N) is 2. The number of benzene rings is 1. The molecule has 1 saturated heterocycles. The van der Waals surface area contributed by atoms with Gasteiger partial charge in [-0.2, -0.15) is 0 Å². The minimum absolute atomic E-state index is 0.372. The molecule has 28 heavy (non-hydrogen) atoms. The Morgan fingerprint density at radius 1 is 1.29 bits per heavy atom. The first-order valence-corrected chi connectivity index (χ1v) is 10.7. The van der Waals surface area contributed by atoms with E-state index in [9.17, 15) is 0 Å². The van der Waals surface area contributed by atoms with Gasteiger partial charge >= 0.3 is 0 Å². The van der Waals surface area contributed by atoms with Gasteiger partial charge in [0.25, 0.3) is 0 Å². The maximum absolute atomic E-state index is 5.55. The second-order valence-electron chi connectivity index (χ2n) is 7.89. The van der Waals surface area contributed by atoms with E-state index < -0.39 is 0 Å². The van der Waals surface area contributed by atoms with Crippen LogP contribution in [0.3, 0.4) is 0 Å². The summed E-state index contributed by atoms with van der Waals surface area (Å²) in [7, 11) is 1.74. The number of guanidine groups is 1. The van der Waals surface area contributed by atoms with Crippen LogP contribution in [0.5, 0.6) is 5.75 Å². The van der Waals surface area contributed by atoms with Crippen LogP contribution in [0.4, 0.5) is 5.69 Å². The smallest absolute Gasteiger partial charge is 0.191 e. The van der Waals surface area contributed by atoms with Crippen LogP contribution in [0, 0.1) is 5.41 Å². The van der Waals surface area contributed by atoms with Crippen molar-refractivity contribution in [1.82, 2.24) is 10.6 Å². The molecular weight excluding hydrogens is 352 g/mol. The SMILES string of the molecule is CCNC(=NCC1(CCOCC)CC1)NC1CCN(c2ccccc2OC)C1. The van der Waals surface area contributed by atoms with Gasteiger partial charge in [0.2, 0.25) is 0 Å². The van der Waals surface area contributed by atoms with E-state index in [0.717, 1.165) is 63.9 Å². The lowest BCUT2D eigenvalue weighted by molar-refractivity contribution is 0.129. The number of anilines is 1. The molecule has 0 radical (unpaired) electrons. The highest BCUT2D eigenvalue weighted by Gasteiger charge is 2.42. The molecule has 6 heteroatoms. The Hall–Kier alpha value is -1.95. The number of ether oxygens (including phenoxy) is 2. The standard InChI is InChI=1S/C22H36N4O2/c1-4-23-21(24-17-22(11-12-22)13-15-28-5-2)25-18-10-14-26(16-18)19-8-6-7-9-20(19)27-3/h6-9,18H,4-5,10-17H2,1-3H3,(H2,23,24,25). The van der Waals surface area contributed by atoms with Crippen LogP contribution in [-0.4, -0.2) is 58.5 Å². The van der Waals surface area contributed by atoms with Gasteiger partial charge in [-0.25, -0.2) is 0 Å². The monoisotopic (exact) mass is 388 g/mol. The van der Waals surface area contributed by atoms with Crippen LogP contribution in [0.2, 0.25) is 0 Å². The zero-order chi connectivity index (χ0) is 19.8. The maximum Gasteiger partial charge on any atom is 0.191 e. The van der Waals surface area contributed by atoms with Crippen LogP contribution < -0.4 is 20.3 Å². The lowest BCUT2D eigenvalue weighted by Gasteiger charge is -2.22. The summed E-state index contributed by atoms with van der Waals surface area (Å²) in [5, 5.41) is 7.07. The van der Waals surface area contributed by atoms with Gasteiger partial charge in [0, 0.05) is 45.4 Å². The van der Waals surface area contributed by atoms with Gasteiger partial charge in [0.1, 0.15) is 5.75 Å². The van der Waals surface area contributed by atoms with Gasteiger partial charge in [-0.1, -0.05) is 12.1 Å². The quantitative estimate of drug-likeness (QED) is 0.367. The number of nitrogens with one attached hydrogen (secondary N) is 2. The number of methoxy groups -OCH3 is 1. The summed E-state index contributed by atoms with van der Waals surface area (Å²) in [4.78, 5) is 7.31. The summed E-state index contributed by atoms with van der Waals surface area (Å²) in [6.07, 6.45) is 4.76. The second-order valence-corrected chi connectivity index (χ2v) is 7.89. The lowest BCUT2D eigenvalue weighted by Crippen LogP contribution is -2.45. The molecule has 2 N–H and O–H groups in total. The Kier molecular flexibility index (Phi) is 7.43. The van der Waals surface area contributed by atoms with Crippen molar-refractivity contribution < 1.29 is 9.47 Å². The fourth-order valence-corrected chi connectivity index (χ4v) is 3.85. The van der Waals surface area contributed by atoms with Gasteiger partial charge in [0.15, 0.2) is 5.96 Å². The third kappa shape index (κ3) is 5.53. The molecule has 2 fully saturated rings. The minimum Gasteiger partial charge on any atom is -0.495 e. The first-order valence-electron chi connectivity index (χ1n) is 10.7. The Bertz CT molecular complexity index is 645. The molecule has 0 amide bonds. The van der Waals surface area contributed by atoms with Gasteiger partial charge in [0.05, 0.1) is 12.8 Å². The molecule has 1 aliphatic carbocycles. The largest absolute Gasteiger partial charge is 0.495 e. The van der Waals surface area contributed by atoms with E-state index in [1.54, 1.807) is 7.11 Å². The Labute approximate surface area is 169 Å². The van der Waals surface area contributed by atoms with Crippen molar-refractivity contribution in [2.45, 2.75) is 45.6 Å². The van der Waals surface area contributed by atoms with E-state index in [1.165, 1.54) is 18.5 Å². The molecule has 0 bridgehead atoms. The molecular formula is C22H36N4O2. The average Bonchev–Trinajstić information content (AvgIpc) is 3.34. The van der Waals surface area contributed by atoms with Crippen LogP contribution >= 0.6 is 0 Å². The third-order valence-corrected chi connectivity index (χ3v) is 5.81. The molecule has 2 aliphatic rings. The lowest BCUT2D eigenvalue weighted by atomic mass is 10.0. The highest BCUT2D eigenvalue weighted by atomic mass is 16.5. The van der Waals surface area contributed by atoms with Gasteiger partial charge in [-0.05, 0) is 57.1 Å². The summed E-state index contributed by atoms with van der Waals surface area (Å²) in [6, 6.07) is 8.64. The van der Waals surface area contributed by atoms with Crippen molar-refractivity contribution >= 4 is 11.6 Å². The topological polar surface area (TPSA) is 58.1 Å². The summed E-state index contributed by atoms with van der Waals surface area (Å²) >= 11 is 0. The molecule has 3 rings (SSSR count). The van der Waals surface area contributed by atoms with E-state index in [2.05, 4.69) is 41.5 Å². The zero-order valence-corrected chi connectivity index (χ0v) is 17.7. The molecule has 1 aromatic rings. The molecule has 1 atom stereocenters. The van der Waals surface area contributed by atoms with Crippen LogP contribution in [0.1, 0.15) is 39.5 Å². The first-order chi connectivity index (χ1) is 13.7. The zero-order valence-electron chi connectivity index (χ0n) is 17.7. The van der Waals surface area contributed by atoms with E-state index in [-0.39, 0.29) is 0 Å². The van der Waals surface area contributed by atoms with Crippen molar-refractivity contribution in [1.29, 1.82) is 0 Å².